The van der Waals surface area contributed by atoms with Gasteiger partial charge in [0.2, 0.25) is 0 Å². The molecule has 0 saturated heterocycles. The van der Waals surface area contributed by atoms with Crippen LogP contribution in [-0.4, -0.2) is 9.38 Å². The first-order valence-corrected chi connectivity index (χ1v) is 6.13. The molecule has 96 valence electrons. The molecule has 0 saturated carbocycles. The number of fused-ring (bicyclic) bond motifs is 1. The van der Waals surface area contributed by atoms with E-state index in [-0.39, 0.29) is 5.82 Å². The molecule has 19 heavy (non-hydrogen) atoms. The minimum atomic E-state index is -0.207. The summed E-state index contributed by atoms with van der Waals surface area (Å²) in [5, 5.41) is 0. The minimum absolute atomic E-state index is 0.207. The Hall–Kier alpha value is -2.20. The van der Waals surface area contributed by atoms with Crippen LogP contribution in [0.1, 0.15) is 11.3 Å². The molecule has 0 amide bonds. The quantitative estimate of drug-likeness (QED) is 0.765. The van der Waals surface area contributed by atoms with Crippen LogP contribution in [0.2, 0.25) is 0 Å². The van der Waals surface area contributed by atoms with Crippen molar-refractivity contribution in [2.24, 2.45) is 5.73 Å². The molecule has 0 spiro atoms. The van der Waals surface area contributed by atoms with Crippen molar-refractivity contribution in [1.29, 1.82) is 0 Å². The predicted molar refractivity (Wildman–Crippen MR) is 73.2 cm³/mol. The van der Waals surface area contributed by atoms with E-state index >= 15 is 0 Å². The summed E-state index contributed by atoms with van der Waals surface area (Å²) in [6.45, 7) is 2.13. The van der Waals surface area contributed by atoms with Gasteiger partial charge >= 0.3 is 0 Å². The molecule has 0 radical (unpaired) electrons. The summed E-state index contributed by atoms with van der Waals surface area (Å²) in [5.41, 5.74) is 9.93. The van der Waals surface area contributed by atoms with Crippen LogP contribution in [0.25, 0.3) is 16.9 Å². The lowest BCUT2D eigenvalue weighted by Crippen LogP contribution is -2.02. The monoisotopic (exact) mass is 255 g/mol. The average Bonchev–Trinajstić information content (AvgIpc) is 2.80. The maximum atomic E-state index is 13.4. The number of hydrogen-bond donors (Lipinski definition) is 1. The van der Waals surface area contributed by atoms with E-state index in [0.29, 0.717) is 12.1 Å². The van der Waals surface area contributed by atoms with Gasteiger partial charge in [-0.25, -0.2) is 9.37 Å². The Balaban J connectivity index is 2.26. The smallest absolute Gasteiger partial charge is 0.137 e. The summed E-state index contributed by atoms with van der Waals surface area (Å²) in [7, 11) is 0. The van der Waals surface area contributed by atoms with Crippen LogP contribution in [0.3, 0.4) is 0 Å². The third-order valence-electron chi connectivity index (χ3n) is 3.25. The summed E-state index contributed by atoms with van der Waals surface area (Å²) in [4.78, 5) is 4.59. The van der Waals surface area contributed by atoms with Crippen molar-refractivity contribution in [3.05, 3.63) is 59.7 Å². The van der Waals surface area contributed by atoms with Crippen LogP contribution in [0.15, 0.2) is 42.6 Å². The lowest BCUT2D eigenvalue weighted by atomic mass is 10.1. The van der Waals surface area contributed by atoms with E-state index in [0.717, 1.165) is 22.6 Å². The Morgan fingerprint density at radius 1 is 1.26 bits per heavy atom. The first kappa shape index (κ1) is 11.9. The molecule has 0 unspecified atom stereocenters. The lowest BCUT2D eigenvalue weighted by Gasteiger charge is -2.04. The van der Waals surface area contributed by atoms with Gasteiger partial charge in [0, 0.05) is 18.3 Å². The normalized spacial score (nSPS) is 11.1. The Kier molecular flexibility index (Phi) is 2.80. The number of imidazole rings is 1. The Morgan fingerprint density at radius 2 is 2.11 bits per heavy atom. The van der Waals surface area contributed by atoms with Crippen molar-refractivity contribution in [2.45, 2.75) is 13.5 Å². The number of rotatable bonds is 2. The van der Waals surface area contributed by atoms with Gasteiger partial charge in [-0.05, 0) is 42.8 Å². The predicted octanol–water partition coefficient (Wildman–Crippen LogP) is 2.91. The number of halogens is 1. The SMILES string of the molecule is Cc1cc(-c2nc3ccccn3c2CN)ccc1F. The van der Waals surface area contributed by atoms with Crippen LogP contribution in [0.4, 0.5) is 4.39 Å². The Bertz CT molecular complexity index is 746. The zero-order valence-corrected chi connectivity index (χ0v) is 10.6. The largest absolute Gasteiger partial charge is 0.325 e. The van der Waals surface area contributed by atoms with Gasteiger partial charge in [-0.3, -0.25) is 0 Å². The second kappa shape index (κ2) is 4.48. The van der Waals surface area contributed by atoms with Crippen LogP contribution < -0.4 is 5.73 Å². The number of aromatic nitrogens is 2. The van der Waals surface area contributed by atoms with E-state index in [4.69, 9.17) is 5.73 Å². The molecular weight excluding hydrogens is 241 g/mol. The van der Waals surface area contributed by atoms with Gasteiger partial charge in [0.25, 0.3) is 0 Å². The molecule has 2 heterocycles. The highest BCUT2D eigenvalue weighted by Crippen LogP contribution is 2.25. The number of benzene rings is 1. The van der Waals surface area contributed by atoms with Gasteiger partial charge in [0.1, 0.15) is 11.5 Å². The zero-order valence-electron chi connectivity index (χ0n) is 10.6. The van der Waals surface area contributed by atoms with E-state index < -0.39 is 0 Å². The molecule has 3 nitrogen and oxygen atoms in total. The number of aryl methyl sites for hydroxylation is 1. The van der Waals surface area contributed by atoms with Crippen molar-refractivity contribution in [3.63, 3.8) is 0 Å². The molecule has 0 atom stereocenters. The van der Waals surface area contributed by atoms with Crippen molar-refractivity contribution >= 4 is 5.65 Å². The highest BCUT2D eigenvalue weighted by atomic mass is 19.1. The maximum Gasteiger partial charge on any atom is 0.137 e. The number of hydrogen-bond acceptors (Lipinski definition) is 2. The van der Waals surface area contributed by atoms with Crippen molar-refractivity contribution in [2.75, 3.05) is 0 Å². The molecule has 1 aromatic carbocycles. The fourth-order valence-electron chi connectivity index (χ4n) is 2.26. The van der Waals surface area contributed by atoms with Gasteiger partial charge in [0.15, 0.2) is 0 Å². The van der Waals surface area contributed by atoms with Crippen molar-refractivity contribution < 1.29 is 4.39 Å². The van der Waals surface area contributed by atoms with Crippen molar-refractivity contribution in [3.8, 4) is 11.3 Å². The standard InChI is InChI=1S/C15H14FN3/c1-10-8-11(5-6-12(10)16)15-13(9-17)19-7-3-2-4-14(19)18-15/h2-8H,9,17H2,1H3. The third-order valence-corrected chi connectivity index (χ3v) is 3.25. The summed E-state index contributed by atoms with van der Waals surface area (Å²) in [5.74, 6) is -0.207. The van der Waals surface area contributed by atoms with Crippen LogP contribution in [0.5, 0.6) is 0 Å². The summed E-state index contributed by atoms with van der Waals surface area (Å²) >= 11 is 0. The molecule has 0 fully saturated rings. The van der Waals surface area contributed by atoms with E-state index in [2.05, 4.69) is 4.98 Å². The third kappa shape index (κ3) is 1.90. The van der Waals surface area contributed by atoms with Gasteiger partial charge in [0.05, 0.1) is 11.4 Å². The van der Waals surface area contributed by atoms with Crippen LogP contribution >= 0.6 is 0 Å². The van der Waals surface area contributed by atoms with E-state index in [9.17, 15) is 4.39 Å². The second-order valence-electron chi connectivity index (χ2n) is 4.50. The first-order chi connectivity index (χ1) is 9.20. The van der Waals surface area contributed by atoms with Gasteiger partial charge in [-0.1, -0.05) is 6.07 Å². The van der Waals surface area contributed by atoms with Crippen LogP contribution in [0, 0.1) is 12.7 Å². The molecule has 3 rings (SSSR count). The highest BCUT2D eigenvalue weighted by molar-refractivity contribution is 5.67. The first-order valence-electron chi connectivity index (χ1n) is 6.13. The molecule has 0 aliphatic carbocycles. The van der Waals surface area contributed by atoms with Gasteiger partial charge in [-0.2, -0.15) is 0 Å². The molecule has 2 N–H and O–H groups in total. The average molecular weight is 255 g/mol. The molecule has 3 aromatic rings. The summed E-state index contributed by atoms with van der Waals surface area (Å²) < 4.78 is 15.3. The number of nitrogens with two attached hydrogens (primary N) is 1. The molecule has 0 aliphatic heterocycles. The Labute approximate surface area is 110 Å². The maximum absolute atomic E-state index is 13.4. The van der Waals surface area contributed by atoms with Gasteiger partial charge < -0.3 is 10.1 Å². The fraction of sp³-hybridized carbons (Fsp3) is 0.133. The topological polar surface area (TPSA) is 43.3 Å². The van der Waals surface area contributed by atoms with Crippen molar-refractivity contribution in [1.82, 2.24) is 9.38 Å². The van der Waals surface area contributed by atoms with E-state index in [1.54, 1.807) is 19.1 Å². The second-order valence-corrected chi connectivity index (χ2v) is 4.50. The van der Waals surface area contributed by atoms with E-state index in [1.807, 2.05) is 28.8 Å². The van der Waals surface area contributed by atoms with Crippen LogP contribution in [-0.2, 0) is 6.54 Å². The zero-order chi connectivity index (χ0) is 13.4. The highest BCUT2D eigenvalue weighted by Gasteiger charge is 2.13. The fourth-order valence-corrected chi connectivity index (χ4v) is 2.26. The van der Waals surface area contributed by atoms with E-state index in [1.165, 1.54) is 6.07 Å². The van der Waals surface area contributed by atoms with Gasteiger partial charge in [-0.15, -0.1) is 0 Å². The molecular formula is C15H14FN3. The summed E-state index contributed by atoms with van der Waals surface area (Å²) in [6, 6.07) is 10.8. The molecule has 0 bridgehead atoms. The Morgan fingerprint density at radius 3 is 2.84 bits per heavy atom. The molecule has 0 aliphatic rings. The molecule has 4 heteroatoms. The number of pyridine rings is 1. The minimum Gasteiger partial charge on any atom is -0.325 e. The lowest BCUT2D eigenvalue weighted by molar-refractivity contribution is 0.618. The molecule has 2 aromatic heterocycles. The summed E-state index contributed by atoms with van der Waals surface area (Å²) in [6.07, 6.45) is 1.93. The number of nitrogens with zero attached hydrogens (tertiary/aromatic N) is 2.